The lowest BCUT2D eigenvalue weighted by atomic mass is 9.96. The van der Waals surface area contributed by atoms with Crippen LogP contribution in [0.15, 0.2) is 0 Å². The largest absolute Gasteiger partial charge is 0.343 e. The normalized spacial score (nSPS) is 21.6. The first kappa shape index (κ1) is 19.7. The molecule has 0 spiro atoms. The van der Waals surface area contributed by atoms with Crippen LogP contribution in [0.1, 0.15) is 65.2 Å². The summed E-state index contributed by atoms with van der Waals surface area (Å²) in [5.74, 6) is 0.545. The van der Waals surface area contributed by atoms with Gasteiger partial charge in [0.05, 0.1) is 0 Å². The average molecular weight is 360 g/mol. The van der Waals surface area contributed by atoms with Crippen molar-refractivity contribution in [2.45, 2.75) is 77.3 Å². The van der Waals surface area contributed by atoms with Gasteiger partial charge in [0.15, 0.2) is 0 Å². The summed E-state index contributed by atoms with van der Waals surface area (Å²) < 4.78 is 29.6. The Morgan fingerprint density at radius 1 is 1.12 bits per heavy atom. The maximum atomic E-state index is 12.6. The van der Waals surface area contributed by atoms with Gasteiger partial charge >= 0.3 is 0 Å². The molecule has 7 heteroatoms. The van der Waals surface area contributed by atoms with Crippen molar-refractivity contribution in [1.82, 2.24) is 13.9 Å². The number of piperidine rings is 1. The zero-order valence-electron chi connectivity index (χ0n) is 15.3. The number of nitrogens with zero attached hydrogens (tertiary/aromatic N) is 2. The molecule has 1 aliphatic carbocycles. The van der Waals surface area contributed by atoms with Gasteiger partial charge < -0.3 is 4.90 Å². The summed E-state index contributed by atoms with van der Waals surface area (Å²) in [6, 6.07) is 0.0631. The van der Waals surface area contributed by atoms with E-state index < -0.39 is 10.2 Å². The van der Waals surface area contributed by atoms with Crippen LogP contribution in [0.5, 0.6) is 0 Å². The number of hydrogen-bond donors (Lipinski definition) is 1. The number of amides is 1. The summed E-state index contributed by atoms with van der Waals surface area (Å²) >= 11 is 0. The highest BCUT2D eigenvalue weighted by molar-refractivity contribution is 7.87. The molecule has 140 valence electrons. The number of carbonyl (C=O) groups excluding carboxylic acids is 1. The second-order valence-corrected chi connectivity index (χ2v) is 9.45. The molecule has 1 saturated heterocycles. The minimum absolute atomic E-state index is 0.0656. The standard InChI is InChI=1S/C17H33N3O3S/c1-14(2)13-17(21)20-11-9-15(10-12-20)18-24(22,23)19(3)16-7-5-4-6-8-16/h14-16,18H,4-13H2,1-3H3. The van der Waals surface area contributed by atoms with Crippen LogP contribution in [0.4, 0.5) is 0 Å². The minimum Gasteiger partial charge on any atom is -0.343 e. The first-order valence-electron chi connectivity index (χ1n) is 9.32. The Balaban J connectivity index is 1.82. The Morgan fingerprint density at radius 3 is 2.25 bits per heavy atom. The fourth-order valence-electron chi connectivity index (χ4n) is 3.66. The zero-order valence-corrected chi connectivity index (χ0v) is 16.1. The Hall–Kier alpha value is -0.660. The van der Waals surface area contributed by atoms with Crippen LogP contribution in [0, 0.1) is 5.92 Å². The van der Waals surface area contributed by atoms with Crippen LogP contribution in [0.25, 0.3) is 0 Å². The Morgan fingerprint density at radius 2 is 1.71 bits per heavy atom. The van der Waals surface area contributed by atoms with Gasteiger partial charge in [-0.15, -0.1) is 0 Å². The lowest BCUT2D eigenvalue weighted by molar-refractivity contribution is -0.133. The van der Waals surface area contributed by atoms with E-state index in [-0.39, 0.29) is 18.0 Å². The maximum absolute atomic E-state index is 12.6. The van der Waals surface area contributed by atoms with Crippen LogP contribution in [-0.4, -0.2) is 55.8 Å². The van der Waals surface area contributed by atoms with Crippen molar-refractivity contribution in [3.8, 4) is 0 Å². The topological polar surface area (TPSA) is 69.7 Å². The van der Waals surface area contributed by atoms with E-state index in [0.29, 0.717) is 38.3 Å². The van der Waals surface area contributed by atoms with Crippen LogP contribution < -0.4 is 4.72 Å². The van der Waals surface area contributed by atoms with Crippen molar-refractivity contribution in [2.75, 3.05) is 20.1 Å². The fraction of sp³-hybridized carbons (Fsp3) is 0.941. The number of rotatable bonds is 6. The quantitative estimate of drug-likeness (QED) is 0.790. The van der Waals surface area contributed by atoms with Crippen molar-refractivity contribution in [1.29, 1.82) is 0 Å². The highest BCUT2D eigenvalue weighted by Crippen LogP contribution is 2.23. The number of carbonyl (C=O) groups is 1. The molecule has 2 fully saturated rings. The van der Waals surface area contributed by atoms with Gasteiger partial charge in [-0.25, -0.2) is 0 Å². The van der Waals surface area contributed by atoms with Crippen molar-refractivity contribution in [3.63, 3.8) is 0 Å². The van der Waals surface area contributed by atoms with Gasteiger partial charge in [-0.05, 0) is 31.6 Å². The fourth-order valence-corrected chi connectivity index (χ4v) is 5.09. The molecular weight excluding hydrogens is 326 g/mol. The summed E-state index contributed by atoms with van der Waals surface area (Å²) in [5, 5.41) is 0. The number of hydrogen-bond acceptors (Lipinski definition) is 3. The van der Waals surface area contributed by atoms with Crippen molar-refractivity contribution >= 4 is 16.1 Å². The highest BCUT2D eigenvalue weighted by Gasteiger charge is 2.31. The summed E-state index contributed by atoms with van der Waals surface area (Å²) in [7, 11) is -1.74. The molecule has 24 heavy (non-hydrogen) atoms. The first-order chi connectivity index (χ1) is 11.3. The molecule has 0 aromatic carbocycles. The molecule has 1 saturated carbocycles. The van der Waals surface area contributed by atoms with Gasteiger partial charge in [-0.1, -0.05) is 33.1 Å². The van der Waals surface area contributed by atoms with Crippen LogP contribution in [-0.2, 0) is 15.0 Å². The third kappa shape index (κ3) is 5.43. The molecule has 0 unspecified atom stereocenters. The molecule has 1 aliphatic heterocycles. The number of likely N-dealkylation sites (tertiary alicyclic amines) is 1. The molecule has 0 aromatic heterocycles. The monoisotopic (exact) mass is 359 g/mol. The molecule has 2 aliphatic rings. The van der Waals surface area contributed by atoms with Gasteiger partial charge in [0.25, 0.3) is 10.2 Å². The summed E-state index contributed by atoms with van der Waals surface area (Å²) in [4.78, 5) is 14.0. The van der Waals surface area contributed by atoms with Gasteiger partial charge in [0.1, 0.15) is 0 Å². The molecule has 6 nitrogen and oxygen atoms in total. The van der Waals surface area contributed by atoms with Gasteiger partial charge in [0.2, 0.25) is 5.91 Å². The first-order valence-corrected chi connectivity index (χ1v) is 10.8. The summed E-state index contributed by atoms with van der Waals surface area (Å²) in [6.45, 7) is 5.37. The van der Waals surface area contributed by atoms with E-state index >= 15 is 0 Å². The van der Waals surface area contributed by atoms with E-state index in [0.717, 1.165) is 25.7 Å². The molecular formula is C17H33N3O3S. The van der Waals surface area contributed by atoms with E-state index in [9.17, 15) is 13.2 Å². The van der Waals surface area contributed by atoms with E-state index in [4.69, 9.17) is 0 Å². The average Bonchev–Trinajstić information content (AvgIpc) is 2.54. The lowest BCUT2D eigenvalue weighted by Gasteiger charge is -2.35. The third-order valence-electron chi connectivity index (χ3n) is 5.21. The van der Waals surface area contributed by atoms with Crippen molar-refractivity contribution in [3.05, 3.63) is 0 Å². The molecule has 1 amide bonds. The van der Waals surface area contributed by atoms with Gasteiger partial charge in [-0.3, -0.25) is 4.79 Å². The lowest BCUT2D eigenvalue weighted by Crippen LogP contribution is -2.51. The third-order valence-corrected chi connectivity index (χ3v) is 6.90. The molecule has 1 N–H and O–H groups in total. The molecule has 0 aromatic rings. The molecule has 1 heterocycles. The Labute approximate surface area is 147 Å². The Kier molecular flexibility index (Phi) is 7.07. The van der Waals surface area contributed by atoms with Crippen LogP contribution in [0.2, 0.25) is 0 Å². The van der Waals surface area contributed by atoms with Crippen LogP contribution >= 0.6 is 0 Å². The predicted molar refractivity (Wildman–Crippen MR) is 95.7 cm³/mol. The predicted octanol–water partition coefficient (Wildman–Crippen LogP) is 2.12. The van der Waals surface area contributed by atoms with E-state index in [2.05, 4.69) is 4.72 Å². The second-order valence-electron chi connectivity index (χ2n) is 7.68. The Bertz CT molecular complexity index is 507. The van der Waals surface area contributed by atoms with Gasteiger partial charge in [0, 0.05) is 38.6 Å². The number of nitrogens with one attached hydrogen (secondary N) is 1. The SMILES string of the molecule is CC(C)CC(=O)N1CCC(NS(=O)(=O)N(C)C2CCCCC2)CC1. The highest BCUT2D eigenvalue weighted by atomic mass is 32.2. The van der Waals surface area contributed by atoms with Crippen LogP contribution in [0.3, 0.4) is 0 Å². The smallest absolute Gasteiger partial charge is 0.279 e. The van der Waals surface area contributed by atoms with Crippen molar-refractivity contribution < 1.29 is 13.2 Å². The maximum Gasteiger partial charge on any atom is 0.279 e. The minimum atomic E-state index is -3.44. The van der Waals surface area contributed by atoms with Gasteiger partial charge in [-0.2, -0.15) is 17.4 Å². The molecule has 2 rings (SSSR count). The van der Waals surface area contributed by atoms with E-state index in [1.165, 1.54) is 10.7 Å². The van der Waals surface area contributed by atoms with E-state index in [1.807, 2.05) is 18.7 Å². The molecule has 0 radical (unpaired) electrons. The summed E-state index contributed by atoms with van der Waals surface area (Å²) in [6.07, 6.45) is 7.31. The zero-order chi connectivity index (χ0) is 17.7. The molecule has 0 atom stereocenters. The van der Waals surface area contributed by atoms with Crippen molar-refractivity contribution in [2.24, 2.45) is 5.92 Å². The second kappa shape index (κ2) is 8.63. The van der Waals surface area contributed by atoms with E-state index in [1.54, 1.807) is 7.05 Å². The molecule has 0 bridgehead atoms. The summed E-state index contributed by atoms with van der Waals surface area (Å²) in [5.41, 5.74) is 0.